The average Bonchev–Trinajstić information content (AvgIpc) is 2.28. The van der Waals surface area contributed by atoms with Gasteiger partial charge in [0.05, 0.1) is 0 Å². The Hall–Kier alpha value is -1.77. The molecular weight excluding hydrogens is 200 g/mol. The van der Waals surface area contributed by atoms with Gasteiger partial charge in [0.25, 0.3) is 5.91 Å². The summed E-state index contributed by atoms with van der Waals surface area (Å²) in [6, 6.07) is 5.40. The summed E-state index contributed by atoms with van der Waals surface area (Å²) in [7, 11) is 0. The van der Waals surface area contributed by atoms with E-state index in [4.69, 9.17) is 5.73 Å². The van der Waals surface area contributed by atoms with Crippen LogP contribution in [0.2, 0.25) is 0 Å². The molecule has 3 nitrogen and oxygen atoms in total. The van der Waals surface area contributed by atoms with E-state index in [1.165, 1.54) is 0 Å². The number of aryl methyl sites for hydroxylation is 1. The van der Waals surface area contributed by atoms with E-state index < -0.39 is 0 Å². The number of carbonyl (C=O) groups excluding carboxylic acids is 1. The van der Waals surface area contributed by atoms with Crippen molar-refractivity contribution < 1.29 is 4.79 Å². The zero-order chi connectivity index (χ0) is 12.1. The Bertz CT molecular complexity index is 399. The van der Waals surface area contributed by atoms with Crippen molar-refractivity contribution in [3.63, 3.8) is 0 Å². The van der Waals surface area contributed by atoms with Gasteiger partial charge >= 0.3 is 0 Å². The van der Waals surface area contributed by atoms with Crippen LogP contribution >= 0.6 is 0 Å². The minimum Gasteiger partial charge on any atom is -0.398 e. The summed E-state index contributed by atoms with van der Waals surface area (Å²) in [5.74, 6) is -0.00546. The molecule has 1 rings (SSSR count). The molecule has 0 radical (unpaired) electrons. The average molecular weight is 218 g/mol. The van der Waals surface area contributed by atoms with Gasteiger partial charge in [-0.2, -0.15) is 0 Å². The number of nitrogen functional groups attached to an aromatic ring is 1. The molecule has 0 aliphatic rings. The fraction of sp³-hybridized carbons (Fsp3) is 0.308. The number of hydrogen-bond donors (Lipinski definition) is 1. The van der Waals surface area contributed by atoms with Crippen molar-refractivity contribution in [2.45, 2.75) is 13.8 Å². The lowest BCUT2D eigenvalue weighted by molar-refractivity contribution is 0.0782. The fourth-order valence-corrected chi connectivity index (χ4v) is 1.47. The second-order valence-corrected chi connectivity index (χ2v) is 3.70. The Morgan fingerprint density at radius 2 is 2.25 bits per heavy atom. The summed E-state index contributed by atoms with van der Waals surface area (Å²) in [5, 5.41) is 0. The Balaban J connectivity index is 2.94. The molecule has 2 N–H and O–H groups in total. The minimum atomic E-state index is -0.00546. The summed E-state index contributed by atoms with van der Waals surface area (Å²) in [5.41, 5.74) is 8.06. The van der Waals surface area contributed by atoms with E-state index in [1.54, 1.807) is 23.1 Å². The number of amides is 1. The van der Waals surface area contributed by atoms with Crippen LogP contribution < -0.4 is 5.73 Å². The van der Waals surface area contributed by atoms with Gasteiger partial charge in [0.1, 0.15) is 0 Å². The molecule has 1 aromatic rings. The fourth-order valence-electron chi connectivity index (χ4n) is 1.47. The Morgan fingerprint density at radius 3 is 2.75 bits per heavy atom. The topological polar surface area (TPSA) is 46.3 Å². The molecule has 0 aromatic heterocycles. The van der Waals surface area contributed by atoms with Crippen LogP contribution in [-0.4, -0.2) is 23.9 Å². The lowest BCUT2D eigenvalue weighted by atomic mass is 10.1. The molecule has 86 valence electrons. The van der Waals surface area contributed by atoms with Crippen molar-refractivity contribution in [1.82, 2.24) is 4.90 Å². The number of carbonyl (C=O) groups is 1. The third-order valence-electron chi connectivity index (χ3n) is 2.54. The third kappa shape index (κ3) is 2.63. The molecule has 0 saturated heterocycles. The summed E-state index contributed by atoms with van der Waals surface area (Å²) >= 11 is 0. The number of hydrogen-bond acceptors (Lipinski definition) is 2. The lowest BCUT2D eigenvalue weighted by Crippen LogP contribution is -2.30. The highest BCUT2D eigenvalue weighted by Gasteiger charge is 2.13. The summed E-state index contributed by atoms with van der Waals surface area (Å²) in [6.07, 6.45) is 1.72. The first-order chi connectivity index (χ1) is 7.60. The standard InChI is InChI=1S/C13H18N2O/c1-4-8-15(5-2)13(16)11-7-6-10(3)12(14)9-11/h4,6-7,9H,1,5,8,14H2,2-3H3. The van der Waals surface area contributed by atoms with Gasteiger partial charge in [-0.25, -0.2) is 0 Å². The highest BCUT2D eigenvalue weighted by molar-refractivity contribution is 5.95. The summed E-state index contributed by atoms with van der Waals surface area (Å²) in [6.45, 7) is 8.73. The number of benzene rings is 1. The maximum absolute atomic E-state index is 12.1. The van der Waals surface area contributed by atoms with Gasteiger partial charge in [0.2, 0.25) is 0 Å². The molecule has 0 aliphatic carbocycles. The predicted molar refractivity (Wildman–Crippen MR) is 67.4 cm³/mol. The summed E-state index contributed by atoms with van der Waals surface area (Å²) in [4.78, 5) is 13.8. The number of nitrogens with two attached hydrogens (primary N) is 1. The van der Waals surface area contributed by atoms with E-state index in [1.807, 2.05) is 19.9 Å². The van der Waals surface area contributed by atoms with Crippen molar-refractivity contribution in [2.24, 2.45) is 0 Å². The second-order valence-electron chi connectivity index (χ2n) is 3.70. The molecule has 0 heterocycles. The van der Waals surface area contributed by atoms with Gasteiger partial charge in [0, 0.05) is 24.3 Å². The van der Waals surface area contributed by atoms with Crippen molar-refractivity contribution in [3.8, 4) is 0 Å². The van der Waals surface area contributed by atoms with Crippen molar-refractivity contribution in [3.05, 3.63) is 42.0 Å². The first kappa shape index (κ1) is 12.3. The molecule has 16 heavy (non-hydrogen) atoms. The molecule has 0 atom stereocenters. The monoisotopic (exact) mass is 218 g/mol. The largest absolute Gasteiger partial charge is 0.398 e. The zero-order valence-corrected chi connectivity index (χ0v) is 9.86. The molecular formula is C13H18N2O. The van der Waals surface area contributed by atoms with Crippen LogP contribution in [0.5, 0.6) is 0 Å². The Kier molecular flexibility index (Phi) is 4.11. The van der Waals surface area contributed by atoms with E-state index in [2.05, 4.69) is 6.58 Å². The van der Waals surface area contributed by atoms with Crippen LogP contribution in [0.1, 0.15) is 22.8 Å². The first-order valence-electron chi connectivity index (χ1n) is 5.36. The highest BCUT2D eigenvalue weighted by atomic mass is 16.2. The normalized spacial score (nSPS) is 9.88. The number of rotatable bonds is 4. The van der Waals surface area contributed by atoms with Gasteiger partial charge < -0.3 is 10.6 Å². The maximum Gasteiger partial charge on any atom is 0.254 e. The van der Waals surface area contributed by atoms with E-state index in [0.29, 0.717) is 24.3 Å². The number of nitrogens with zero attached hydrogens (tertiary/aromatic N) is 1. The highest BCUT2D eigenvalue weighted by Crippen LogP contribution is 2.14. The van der Waals surface area contributed by atoms with Crippen molar-refractivity contribution in [2.75, 3.05) is 18.8 Å². The Labute approximate surface area is 96.6 Å². The van der Waals surface area contributed by atoms with E-state index in [9.17, 15) is 4.79 Å². The van der Waals surface area contributed by atoms with E-state index in [-0.39, 0.29) is 5.91 Å². The molecule has 0 unspecified atom stereocenters. The molecule has 0 saturated carbocycles. The molecule has 1 aromatic carbocycles. The molecule has 0 fully saturated rings. The van der Waals surface area contributed by atoms with Gasteiger partial charge in [-0.3, -0.25) is 4.79 Å². The molecule has 0 bridgehead atoms. The van der Waals surface area contributed by atoms with Crippen LogP contribution in [0, 0.1) is 6.92 Å². The van der Waals surface area contributed by atoms with Crippen LogP contribution in [0.4, 0.5) is 5.69 Å². The number of likely N-dealkylation sites (N-methyl/N-ethyl adjacent to an activating group) is 1. The Morgan fingerprint density at radius 1 is 1.56 bits per heavy atom. The smallest absolute Gasteiger partial charge is 0.254 e. The molecule has 0 spiro atoms. The van der Waals surface area contributed by atoms with E-state index >= 15 is 0 Å². The van der Waals surface area contributed by atoms with Crippen LogP contribution in [-0.2, 0) is 0 Å². The van der Waals surface area contributed by atoms with Gasteiger partial charge in [-0.15, -0.1) is 6.58 Å². The SMILES string of the molecule is C=CCN(CC)C(=O)c1ccc(C)c(N)c1. The van der Waals surface area contributed by atoms with Crippen LogP contribution in [0.3, 0.4) is 0 Å². The zero-order valence-electron chi connectivity index (χ0n) is 9.86. The third-order valence-corrected chi connectivity index (χ3v) is 2.54. The second kappa shape index (κ2) is 5.35. The van der Waals surface area contributed by atoms with Gasteiger partial charge in [-0.1, -0.05) is 12.1 Å². The maximum atomic E-state index is 12.1. The van der Waals surface area contributed by atoms with Gasteiger partial charge in [-0.05, 0) is 31.5 Å². The van der Waals surface area contributed by atoms with Crippen molar-refractivity contribution in [1.29, 1.82) is 0 Å². The molecule has 0 aliphatic heterocycles. The summed E-state index contributed by atoms with van der Waals surface area (Å²) < 4.78 is 0. The van der Waals surface area contributed by atoms with E-state index in [0.717, 1.165) is 5.56 Å². The lowest BCUT2D eigenvalue weighted by Gasteiger charge is -2.19. The number of anilines is 1. The predicted octanol–water partition coefficient (Wildman–Crippen LogP) is 2.23. The quantitative estimate of drug-likeness (QED) is 0.622. The van der Waals surface area contributed by atoms with Crippen molar-refractivity contribution >= 4 is 11.6 Å². The minimum absolute atomic E-state index is 0.00546. The van der Waals surface area contributed by atoms with Crippen LogP contribution in [0.15, 0.2) is 30.9 Å². The first-order valence-corrected chi connectivity index (χ1v) is 5.36. The van der Waals surface area contributed by atoms with Gasteiger partial charge in [0.15, 0.2) is 0 Å². The molecule has 1 amide bonds. The molecule has 3 heteroatoms. The van der Waals surface area contributed by atoms with Crippen LogP contribution in [0.25, 0.3) is 0 Å².